The Hall–Kier alpha value is -10.4. The van der Waals surface area contributed by atoms with E-state index >= 15 is 0 Å². The molecule has 0 bridgehead atoms. The number of hydrogen-bond donors (Lipinski definition) is 1. The topological polar surface area (TPSA) is 48.0 Å². The molecule has 0 aliphatic heterocycles. The molecule has 0 saturated carbocycles. The van der Waals surface area contributed by atoms with E-state index in [0.717, 1.165) is 112 Å². The third kappa shape index (κ3) is 16.2. The second-order valence-electron chi connectivity index (χ2n) is 44.9. The fraction of sp³-hybridized carbons (Fsp3) is 0.356. The molecular weight excluding hydrogens is 1600 g/mol. The molecule has 652 valence electrons. The zero-order valence-electron chi connectivity index (χ0n) is 79.6. The average Bonchev–Trinajstić information content (AvgIpc) is 1.71. The Labute approximate surface area is 768 Å². The molecule has 4 aliphatic carbocycles. The number of anilines is 11. The van der Waals surface area contributed by atoms with Crippen LogP contribution in [0.25, 0.3) is 64.0 Å². The summed E-state index contributed by atoms with van der Waals surface area (Å²) in [6.07, 6.45) is 9.60. The number of hydrogen-bond acceptors (Lipinski definition) is 8. The van der Waals surface area contributed by atoms with Crippen molar-refractivity contribution in [1.29, 1.82) is 0 Å². The van der Waals surface area contributed by atoms with Gasteiger partial charge in [0, 0.05) is 86.5 Å². The summed E-state index contributed by atoms with van der Waals surface area (Å²) in [7, 11) is 0. The van der Waals surface area contributed by atoms with Gasteiger partial charge in [-0.15, -0.1) is 22.7 Å². The van der Waals surface area contributed by atoms with E-state index in [2.05, 4.69) is 409 Å². The average molecular weight is 1730 g/mol. The molecule has 0 amide bonds. The number of benzene rings is 12. The van der Waals surface area contributed by atoms with Crippen LogP contribution in [0.3, 0.4) is 0 Å². The van der Waals surface area contributed by atoms with Crippen molar-refractivity contribution in [3.05, 3.63) is 313 Å². The Balaban J connectivity index is 0.000000143. The van der Waals surface area contributed by atoms with E-state index in [-0.39, 0.29) is 54.1 Å². The first-order chi connectivity index (χ1) is 59.8. The standard InChI is InChI=1S/C59H64N2OS.C33H32ClNO.C26H33NS/c1-37-30-41(60(39-22-20-38(21-23-39)55(2,3)4)50-36-63-53-35-48-47(34-44(50)53)58(9,10)28-29-59(48,11)12)32-42(31-37)61(40-24-25-45-46(33-40)57(7,8)27-26-56(45,5)6)49-17-15-19-52-54(49)43-16-13-14-18-51(43)62-52;1-21-17-22(34)19-24(18-21)35(23-13-14-26-27(20-23)33(4,5)16-15-32(26,2)3)28-10-8-12-30-31(28)25-9-6-7-11-29(25)36-30;1-24(2,3)17-8-10-18(11-9-17)27-22-16-28-23-15-21-20(14-19(22)23)25(4,5)12-13-26(21,6)7/h13-25,30-36H,26-29H2,1-12H3;6-14,17-20H,15-16H2,1-5H3;8-11,14-16,27H,12-13H2,1-7H3. The van der Waals surface area contributed by atoms with Gasteiger partial charge in [-0.3, -0.25) is 0 Å². The molecular formula is C118H129ClN4O2S2. The minimum atomic E-state index is 0.0455. The van der Waals surface area contributed by atoms with Crippen molar-refractivity contribution in [2.75, 3.05) is 20.0 Å². The maximum Gasteiger partial charge on any atom is 0.137 e. The van der Waals surface area contributed by atoms with Crippen LogP contribution in [-0.2, 0) is 54.1 Å². The maximum absolute atomic E-state index is 6.61. The van der Waals surface area contributed by atoms with Crippen molar-refractivity contribution < 1.29 is 8.83 Å². The predicted octanol–water partition coefficient (Wildman–Crippen LogP) is 36.7. The monoisotopic (exact) mass is 1730 g/mol. The van der Waals surface area contributed by atoms with Crippen molar-refractivity contribution >= 4 is 161 Å². The molecule has 20 rings (SSSR count). The van der Waals surface area contributed by atoms with Gasteiger partial charge in [0.15, 0.2) is 0 Å². The SMILES string of the molecule is CC(C)(C)c1ccc(Nc2csc3cc4c(cc23)C(C)(C)CCC4(C)C)cc1.Cc1cc(Cl)cc(N(c2ccc3c(c2)C(C)(C)CCC3(C)C)c2cccc3oc4ccccc4c23)c1.Cc1cc(N(c2ccc(C(C)(C)C)cc2)c2csc3cc4c(cc23)C(C)(C)CCC4(C)C)cc(N(c2ccc3c(c2)C(C)(C)CCC3(C)C)c2cccc3oc4ccccc4c23)c1. The van der Waals surface area contributed by atoms with Crippen molar-refractivity contribution in [3.63, 3.8) is 0 Å². The van der Waals surface area contributed by atoms with Crippen LogP contribution >= 0.6 is 34.3 Å². The van der Waals surface area contributed by atoms with E-state index in [1.54, 1.807) is 5.56 Å². The van der Waals surface area contributed by atoms with E-state index in [1.165, 1.54) is 132 Å². The zero-order chi connectivity index (χ0) is 90.0. The fourth-order valence-electron chi connectivity index (χ4n) is 21.2. The van der Waals surface area contributed by atoms with E-state index < -0.39 is 0 Å². The molecule has 16 aromatic rings. The van der Waals surface area contributed by atoms with E-state index in [9.17, 15) is 0 Å². The predicted molar refractivity (Wildman–Crippen MR) is 551 cm³/mol. The second kappa shape index (κ2) is 31.5. The molecule has 4 aromatic heterocycles. The van der Waals surface area contributed by atoms with Crippen LogP contribution in [0.15, 0.2) is 250 Å². The van der Waals surface area contributed by atoms with Gasteiger partial charge < -0.3 is 28.9 Å². The smallest absolute Gasteiger partial charge is 0.137 e. The van der Waals surface area contributed by atoms with Crippen LogP contribution in [0.5, 0.6) is 0 Å². The van der Waals surface area contributed by atoms with Crippen LogP contribution in [0.2, 0.25) is 5.02 Å². The summed E-state index contributed by atoms with van der Waals surface area (Å²) in [4.78, 5) is 7.38. The molecule has 6 nitrogen and oxygen atoms in total. The normalized spacial score (nSPS) is 17.3. The summed E-state index contributed by atoms with van der Waals surface area (Å²) in [6.45, 7) is 56.6. The van der Waals surface area contributed by atoms with Gasteiger partial charge in [-0.1, -0.05) is 249 Å². The summed E-state index contributed by atoms with van der Waals surface area (Å²) in [5, 5.41) is 16.2. The molecule has 0 radical (unpaired) electrons. The Morgan fingerprint density at radius 2 is 0.646 bits per heavy atom. The summed E-state index contributed by atoms with van der Waals surface area (Å²) in [5.41, 5.74) is 34.5. The molecule has 127 heavy (non-hydrogen) atoms. The number of aryl methyl sites for hydroxylation is 2. The highest BCUT2D eigenvalue weighted by Gasteiger charge is 2.43. The number of para-hydroxylation sites is 2. The second-order valence-corrected chi connectivity index (χ2v) is 47.1. The maximum atomic E-state index is 6.61. The van der Waals surface area contributed by atoms with Gasteiger partial charge in [-0.05, 0) is 332 Å². The minimum Gasteiger partial charge on any atom is -0.456 e. The van der Waals surface area contributed by atoms with Gasteiger partial charge in [0.2, 0.25) is 0 Å². The van der Waals surface area contributed by atoms with Gasteiger partial charge in [0.05, 0.1) is 33.5 Å². The molecule has 0 saturated heterocycles. The number of thiophene rings is 2. The number of nitrogens with zero attached hydrogens (tertiary/aromatic N) is 3. The Bertz CT molecular complexity index is 6930. The van der Waals surface area contributed by atoms with Gasteiger partial charge in [-0.2, -0.15) is 0 Å². The van der Waals surface area contributed by atoms with Gasteiger partial charge in [0.1, 0.15) is 22.3 Å². The van der Waals surface area contributed by atoms with Crippen molar-refractivity contribution in [2.24, 2.45) is 0 Å². The van der Waals surface area contributed by atoms with Crippen LogP contribution in [0.1, 0.15) is 270 Å². The van der Waals surface area contributed by atoms with Crippen LogP contribution in [0, 0.1) is 13.8 Å². The number of nitrogens with one attached hydrogen (secondary N) is 1. The highest BCUT2D eigenvalue weighted by Crippen LogP contribution is 2.57. The number of fused-ring (bicyclic) bond motifs is 12. The van der Waals surface area contributed by atoms with Crippen LogP contribution in [0.4, 0.5) is 62.6 Å². The molecule has 0 fully saturated rings. The van der Waals surface area contributed by atoms with E-state index in [0.29, 0.717) is 0 Å². The molecule has 9 heteroatoms. The summed E-state index contributed by atoms with van der Waals surface area (Å²) in [6, 6.07) is 85.6. The lowest BCUT2D eigenvalue weighted by Crippen LogP contribution is -2.34. The van der Waals surface area contributed by atoms with Gasteiger partial charge >= 0.3 is 0 Å². The lowest BCUT2D eigenvalue weighted by Gasteiger charge is -2.42. The Morgan fingerprint density at radius 3 is 1.08 bits per heavy atom. The fourth-order valence-corrected chi connectivity index (χ4v) is 23.3. The highest BCUT2D eigenvalue weighted by atomic mass is 35.5. The Morgan fingerprint density at radius 1 is 0.299 bits per heavy atom. The Kier molecular flexibility index (Phi) is 21.7. The molecule has 4 heterocycles. The molecule has 4 aliphatic rings. The first-order valence-corrected chi connectivity index (χ1v) is 48.5. The van der Waals surface area contributed by atoms with Gasteiger partial charge in [0.25, 0.3) is 0 Å². The first kappa shape index (κ1) is 87.3. The first-order valence-electron chi connectivity index (χ1n) is 46.3. The number of furan rings is 2. The number of halogens is 1. The third-order valence-electron chi connectivity index (χ3n) is 29.6. The van der Waals surface area contributed by atoms with Crippen molar-refractivity contribution in [2.45, 2.75) is 272 Å². The highest BCUT2D eigenvalue weighted by molar-refractivity contribution is 7.18. The number of rotatable bonds is 11. The van der Waals surface area contributed by atoms with Crippen LogP contribution in [-0.4, -0.2) is 0 Å². The molecule has 1 N–H and O–H groups in total. The molecule has 0 unspecified atom stereocenters. The lowest BCUT2D eigenvalue weighted by atomic mass is 9.63. The molecule has 0 atom stereocenters. The summed E-state index contributed by atoms with van der Waals surface area (Å²) < 4.78 is 15.6. The van der Waals surface area contributed by atoms with E-state index in [1.807, 2.05) is 40.9 Å². The van der Waals surface area contributed by atoms with Crippen molar-refractivity contribution in [1.82, 2.24) is 0 Å². The summed E-state index contributed by atoms with van der Waals surface area (Å²) >= 11 is 10.3. The van der Waals surface area contributed by atoms with Crippen molar-refractivity contribution in [3.8, 4) is 0 Å². The molecule has 12 aromatic carbocycles. The lowest BCUT2D eigenvalue weighted by molar-refractivity contribution is 0.332. The third-order valence-corrected chi connectivity index (χ3v) is 31.7. The zero-order valence-corrected chi connectivity index (χ0v) is 82.0. The van der Waals surface area contributed by atoms with Crippen LogP contribution < -0.4 is 20.0 Å². The summed E-state index contributed by atoms with van der Waals surface area (Å²) in [5.74, 6) is 0. The van der Waals surface area contributed by atoms with Gasteiger partial charge in [-0.25, -0.2) is 0 Å². The quantitative estimate of drug-likeness (QED) is 0.139. The largest absolute Gasteiger partial charge is 0.456 e. The minimum absolute atomic E-state index is 0.0455. The molecule has 0 spiro atoms. The van der Waals surface area contributed by atoms with E-state index in [4.69, 9.17) is 20.4 Å².